The number of methoxy groups -OCH3 is 1. The summed E-state index contributed by atoms with van der Waals surface area (Å²) in [6, 6.07) is 15.0. The van der Waals surface area contributed by atoms with Gasteiger partial charge in [0.05, 0.1) is 19.1 Å². The van der Waals surface area contributed by atoms with Gasteiger partial charge < -0.3 is 10.1 Å². The Morgan fingerprint density at radius 3 is 2.39 bits per heavy atom. The first-order valence-corrected chi connectivity index (χ1v) is 11.1. The molecule has 0 saturated heterocycles. The number of anilines is 1. The lowest BCUT2D eigenvalue weighted by Crippen LogP contribution is -2.41. The lowest BCUT2D eigenvalue weighted by atomic mass is 10.1. The number of hydrogen-bond acceptors (Lipinski definition) is 4. The van der Waals surface area contributed by atoms with Gasteiger partial charge >= 0.3 is 0 Å². The Morgan fingerprint density at radius 2 is 1.79 bits per heavy atom. The maximum Gasteiger partial charge on any atom is 0.240 e. The van der Waals surface area contributed by atoms with E-state index in [2.05, 4.69) is 5.32 Å². The van der Waals surface area contributed by atoms with Crippen LogP contribution in [0.3, 0.4) is 0 Å². The van der Waals surface area contributed by atoms with E-state index < -0.39 is 10.0 Å². The zero-order chi connectivity index (χ0) is 20.6. The average Bonchev–Trinajstić information content (AvgIpc) is 2.69. The molecule has 28 heavy (non-hydrogen) atoms. The van der Waals surface area contributed by atoms with Crippen LogP contribution in [-0.4, -0.2) is 40.8 Å². The molecule has 0 aliphatic rings. The van der Waals surface area contributed by atoms with Gasteiger partial charge in [0.25, 0.3) is 0 Å². The smallest absolute Gasteiger partial charge is 0.240 e. The third-order valence-electron chi connectivity index (χ3n) is 4.45. The molecule has 0 heterocycles. The molecule has 1 N–H and O–H groups in total. The van der Waals surface area contributed by atoms with Crippen molar-refractivity contribution in [2.75, 3.05) is 30.8 Å². The zero-order valence-electron chi connectivity index (χ0n) is 16.6. The second kappa shape index (κ2) is 10.1. The summed E-state index contributed by atoms with van der Waals surface area (Å²) in [5.74, 6) is 0.497. The summed E-state index contributed by atoms with van der Waals surface area (Å²) in [6.07, 6.45) is 3.39. The maximum atomic E-state index is 12.3. The van der Waals surface area contributed by atoms with Gasteiger partial charge in [0.2, 0.25) is 15.9 Å². The first-order chi connectivity index (χ1) is 13.3. The normalized spacial score (nSPS) is 11.1. The number of rotatable bonds is 10. The van der Waals surface area contributed by atoms with Gasteiger partial charge in [0.15, 0.2) is 0 Å². The van der Waals surface area contributed by atoms with E-state index in [1.807, 2.05) is 43.3 Å². The summed E-state index contributed by atoms with van der Waals surface area (Å²) in [6.45, 7) is 2.22. The van der Waals surface area contributed by atoms with Crippen molar-refractivity contribution < 1.29 is 17.9 Å². The molecule has 2 rings (SSSR count). The Labute approximate surface area is 167 Å². The molecule has 0 radical (unpaired) electrons. The summed E-state index contributed by atoms with van der Waals surface area (Å²) in [5.41, 5.74) is 2.60. The Morgan fingerprint density at radius 1 is 1.11 bits per heavy atom. The number of para-hydroxylation sites is 1. The molecule has 0 atom stereocenters. The van der Waals surface area contributed by atoms with E-state index in [9.17, 15) is 13.2 Å². The number of hydrogen-bond donors (Lipinski definition) is 1. The van der Waals surface area contributed by atoms with E-state index in [1.165, 1.54) is 4.31 Å². The van der Waals surface area contributed by atoms with Gasteiger partial charge in [-0.1, -0.05) is 37.3 Å². The van der Waals surface area contributed by atoms with Gasteiger partial charge in [-0.3, -0.25) is 9.10 Å². The molecule has 0 aliphatic carbocycles. The summed E-state index contributed by atoms with van der Waals surface area (Å²) in [4.78, 5) is 12.3. The number of aryl methyl sites for hydroxylation is 2. The Balaban J connectivity index is 1.91. The number of amides is 1. The van der Waals surface area contributed by atoms with Gasteiger partial charge in [-0.25, -0.2) is 8.42 Å². The van der Waals surface area contributed by atoms with Crippen molar-refractivity contribution in [2.45, 2.75) is 26.2 Å². The molecule has 0 unspecified atom stereocenters. The fourth-order valence-electron chi connectivity index (χ4n) is 2.93. The molecule has 152 valence electrons. The van der Waals surface area contributed by atoms with Crippen LogP contribution in [0.15, 0.2) is 48.5 Å². The SMILES string of the molecule is CCc1ccccc1N(CC(=O)NCCCc1ccc(OC)cc1)S(C)(=O)=O. The third kappa shape index (κ3) is 6.27. The molecule has 0 spiro atoms. The van der Waals surface area contributed by atoms with Crippen molar-refractivity contribution in [3.63, 3.8) is 0 Å². The highest BCUT2D eigenvalue weighted by atomic mass is 32.2. The minimum atomic E-state index is -3.57. The number of carbonyl (C=O) groups excluding carboxylic acids is 1. The van der Waals surface area contributed by atoms with Crippen LogP contribution in [0.4, 0.5) is 5.69 Å². The molecule has 0 aliphatic heterocycles. The Hall–Kier alpha value is -2.54. The van der Waals surface area contributed by atoms with Crippen LogP contribution in [0.5, 0.6) is 5.75 Å². The lowest BCUT2D eigenvalue weighted by Gasteiger charge is -2.24. The lowest BCUT2D eigenvalue weighted by molar-refractivity contribution is -0.119. The monoisotopic (exact) mass is 404 g/mol. The molecule has 0 fully saturated rings. The number of nitrogens with one attached hydrogen (secondary N) is 1. The highest BCUT2D eigenvalue weighted by Gasteiger charge is 2.22. The van der Waals surface area contributed by atoms with Crippen molar-refractivity contribution in [3.8, 4) is 5.75 Å². The molecular formula is C21H28N2O4S. The van der Waals surface area contributed by atoms with E-state index in [-0.39, 0.29) is 12.5 Å². The predicted octanol–water partition coefficient (Wildman–Crippen LogP) is 2.77. The average molecular weight is 405 g/mol. The van der Waals surface area contributed by atoms with Crippen molar-refractivity contribution in [1.29, 1.82) is 0 Å². The van der Waals surface area contributed by atoms with Crippen molar-refractivity contribution in [1.82, 2.24) is 5.32 Å². The number of nitrogens with zero attached hydrogens (tertiary/aromatic N) is 1. The standard InChI is InChI=1S/C21H28N2O4S/c1-4-18-9-5-6-10-20(18)23(28(3,25)26)16-21(24)22-15-7-8-17-11-13-19(27-2)14-12-17/h5-6,9-14H,4,7-8,15-16H2,1-3H3,(H,22,24). The predicted molar refractivity (Wildman–Crippen MR) is 112 cm³/mol. The van der Waals surface area contributed by atoms with Gasteiger partial charge in [0.1, 0.15) is 12.3 Å². The van der Waals surface area contributed by atoms with Crippen LogP contribution in [0.2, 0.25) is 0 Å². The summed E-state index contributed by atoms with van der Waals surface area (Å²) < 4.78 is 30.8. The molecule has 0 saturated carbocycles. The molecule has 7 heteroatoms. The minimum Gasteiger partial charge on any atom is -0.497 e. The second-order valence-corrected chi connectivity index (χ2v) is 8.46. The Bertz CT molecular complexity index is 880. The van der Waals surface area contributed by atoms with E-state index >= 15 is 0 Å². The number of ether oxygens (including phenoxy) is 1. The van der Waals surface area contributed by atoms with Crippen LogP contribution in [-0.2, 0) is 27.7 Å². The van der Waals surface area contributed by atoms with Crippen LogP contribution >= 0.6 is 0 Å². The van der Waals surface area contributed by atoms with Gasteiger partial charge in [-0.15, -0.1) is 0 Å². The summed E-state index contributed by atoms with van der Waals surface area (Å²) in [5, 5.41) is 2.82. The minimum absolute atomic E-state index is 0.224. The van der Waals surface area contributed by atoms with Crippen molar-refractivity contribution >= 4 is 21.6 Å². The molecular weight excluding hydrogens is 376 g/mol. The molecule has 2 aromatic carbocycles. The topological polar surface area (TPSA) is 75.7 Å². The second-order valence-electron chi connectivity index (χ2n) is 6.55. The molecule has 2 aromatic rings. The van der Waals surface area contributed by atoms with Crippen LogP contribution in [0.1, 0.15) is 24.5 Å². The molecule has 1 amide bonds. The molecule has 0 bridgehead atoms. The molecule has 0 aromatic heterocycles. The number of carbonyl (C=O) groups is 1. The van der Waals surface area contributed by atoms with E-state index in [0.29, 0.717) is 18.7 Å². The van der Waals surface area contributed by atoms with E-state index in [1.54, 1.807) is 19.2 Å². The number of sulfonamides is 1. The highest BCUT2D eigenvalue weighted by molar-refractivity contribution is 7.92. The fourth-order valence-corrected chi connectivity index (χ4v) is 3.82. The van der Waals surface area contributed by atoms with Crippen LogP contribution < -0.4 is 14.4 Å². The van der Waals surface area contributed by atoms with Gasteiger partial charge in [-0.05, 0) is 48.6 Å². The zero-order valence-corrected chi connectivity index (χ0v) is 17.5. The molecule has 6 nitrogen and oxygen atoms in total. The number of benzene rings is 2. The Kier molecular flexibility index (Phi) is 7.87. The summed E-state index contributed by atoms with van der Waals surface area (Å²) in [7, 11) is -1.94. The van der Waals surface area contributed by atoms with Crippen molar-refractivity contribution in [2.24, 2.45) is 0 Å². The van der Waals surface area contributed by atoms with Gasteiger partial charge in [-0.2, -0.15) is 0 Å². The third-order valence-corrected chi connectivity index (χ3v) is 5.58. The largest absolute Gasteiger partial charge is 0.497 e. The van der Waals surface area contributed by atoms with Crippen LogP contribution in [0, 0.1) is 0 Å². The summed E-state index contributed by atoms with van der Waals surface area (Å²) >= 11 is 0. The quantitative estimate of drug-likeness (QED) is 0.618. The van der Waals surface area contributed by atoms with Crippen molar-refractivity contribution in [3.05, 3.63) is 59.7 Å². The maximum absolute atomic E-state index is 12.3. The first kappa shape index (κ1) is 21.8. The van der Waals surface area contributed by atoms with Crippen LogP contribution in [0.25, 0.3) is 0 Å². The van der Waals surface area contributed by atoms with Gasteiger partial charge in [0, 0.05) is 6.54 Å². The van der Waals surface area contributed by atoms with E-state index in [4.69, 9.17) is 4.74 Å². The fraction of sp³-hybridized carbons (Fsp3) is 0.381. The first-order valence-electron chi connectivity index (χ1n) is 9.30. The highest BCUT2D eigenvalue weighted by Crippen LogP contribution is 2.23. The van der Waals surface area contributed by atoms with E-state index in [0.717, 1.165) is 36.0 Å².